The van der Waals surface area contributed by atoms with E-state index in [2.05, 4.69) is 0 Å². The molecule has 0 aliphatic rings. The van der Waals surface area contributed by atoms with E-state index in [1.807, 2.05) is 73.6 Å². The number of benzene rings is 1. The smallest absolute Gasteiger partial charge is 0.195 e. The number of hydrogen-bond acceptors (Lipinski definition) is 2. The van der Waals surface area contributed by atoms with Gasteiger partial charge in [-0.2, -0.15) is 0 Å². The molecule has 1 aromatic heterocycles. The van der Waals surface area contributed by atoms with Crippen molar-refractivity contribution in [3.8, 4) is 0 Å². The van der Waals surface area contributed by atoms with Crippen molar-refractivity contribution in [2.24, 2.45) is 0 Å². The van der Waals surface area contributed by atoms with E-state index >= 15 is 0 Å². The largest absolute Gasteiger partial charge is 0.460 e. The van der Waals surface area contributed by atoms with Crippen LogP contribution < -0.4 is 5.43 Å². The SMILES string of the molecule is CC.CC.Cc1c(C(C)(C)C)oc2ccccc2c1=O. The molecular formula is C18H28O2. The zero-order valence-corrected chi connectivity index (χ0v) is 14.1. The van der Waals surface area contributed by atoms with Gasteiger partial charge in [0.25, 0.3) is 0 Å². The van der Waals surface area contributed by atoms with Gasteiger partial charge in [-0.25, -0.2) is 0 Å². The zero-order chi connectivity index (χ0) is 15.9. The first kappa shape index (κ1) is 18.4. The third kappa shape index (κ3) is 3.96. The maximum Gasteiger partial charge on any atom is 0.195 e. The van der Waals surface area contributed by atoms with E-state index < -0.39 is 0 Å². The second kappa shape index (κ2) is 7.88. The topological polar surface area (TPSA) is 30.2 Å². The van der Waals surface area contributed by atoms with E-state index in [0.29, 0.717) is 16.5 Å². The molecular weight excluding hydrogens is 248 g/mol. The molecule has 0 bridgehead atoms. The lowest BCUT2D eigenvalue weighted by molar-refractivity contribution is 0.416. The van der Waals surface area contributed by atoms with Crippen molar-refractivity contribution in [2.75, 3.05) is 0 Å². The second-order valence-corrected chi connectivity index (χ2v) is 5.13. The highest BCUT2D eigenvalue weighted by atomic mass is 16.3. The zero-order valence-electron chi connectivity index (χ0n) is 14.1. The summed E-state index contributed by atoms with van der Waals surface area (Å²) in [6, 6.07) is 7.38. The Balaban J connectivity index is 0.000000829. The summed E-state index contributed by atoms with van der Waals surface area (Å²) in [5.41, 5.74) is 1.31. The summed E-state index contributed by atoms with van der Waals surface area (Å²) in [4.78, 5) is 12.1. The van der Waals surface area contributed by atoms with Crippen molar-refractivity contribution < 1.29 is 4.42 Å². The third-order valence-electron chi connectivity index (χ3n) is 2.71. The summed E-state index contributed by atoms with van der Waals surface area (Å²) < 4.78 is 5.84. The molecule has 2 heteroatoms. The van der Waals surface area contributed by atoms with Crippen LogP contribution in [-0.4, -0.2) is 0 Å². The lowest BCUT2D eigenvalue weighted by Gasteiger charge is -2.19. The van der Waals surface area contributed by atoms with Gasteiger partial charge in [-0.05, 0) is 19.1 Å². The molecule has 1 heterocycles. The lowest BCUT2D eigenvalue weighted by atomic mass is 9.89. The van der Waals surface area contributed by atoms with Crippen LogP contribution in [0.15, 0.2) is 33.5 Å². The molecule has 1 aromatic carbocycles. The van der Waals surface area contributed by atoms with Crippen LogP contribution >= 0.6 is 0 Å². The summed E-state index contributed by atoms with van der Waals surface area (Å²) in [6.07, 6.45) is 0. The van der Waals surface area contributed by atoms with Crippen molar-refractivity contribution in [1.82, 2.24) is 0 Å². The van der Waals surface area contributed by atoms with Gasteiger partial charge in [-0.3, -0.25) is 4.79 Å². The summed E-state index contributed by atoms with van der Waals surface area (Å²) in [5.74, 6) is 0.774. The van der Waals surface area contributed by atoms with Crippen LogP contribution in [-0.2, 0) is 5.41 Å². The third-order valence-corrected chi connectivity index (χ3v) is 2.71. The standard InChI is InChI=1S/C14H16O2.2C2H6/c1-9-12(15)10-7-5-6-8-11(10)16-13(9)14(2,3)4;2*1-2/h5-8H,1-4H3;2*1-2H3. The van der Waals surface area contributed by atoms with Gasteiger partial charge in [-0.1, -0.05) is 60.6 Å². The minimum absolute atomic E-state index is 0.0757. The van der Waals surface area contributed by atoms with Crippen LogP contribution in [0, 0.1) is 6.92 Å². The number of para-hydroxylation sites is 1. The van der Waals surface area contributed by atoms with Crippen molar-refractivity contribution in [1.29, 1.82) is 0 Å². The highest BCUT2D eigenvalue weighted by Gasteiger charge is 2.22. The summed E-state index contributed by atoms with van der Waals surface area (Å²) in [6.45, 7) is 16.0. The molecule has 0 spiro atoms. The van der Waals surface area contributed by atoms with E-state index in [4.69, 9.17) is 4.42 Å². The van der Waals surface area contributed by atoms with Crippen molar-refractivity contribution in [3.63, 3.8) is 0 Å². The molecule has 0 fully saturated rings. The molecule has 0 saturated carbocycles. The molecule has 0 aliphatic heterocycles. The molecule has 2 aromatic rings. The Morgan fingerprint density at radius 3 is 1.95 bits per heavy atom. The Kier molecular flexibility index (Phi) is 7.26. The van der Waals surface area contributed by atoms with Crippen molar-refractivity contribution >= 4 is 11.0 Å². The first-order chi connectivity index (χ1) is 9.41. The van der Waals surface area contributed by atoms with Gasteiger partial charge in [0, 0.05) is 11.0 Å². The van der Waals surface area contributed by atoms with Gasteiger partial charge in [0.1, 0.15) is 11.3 Å². The highest BCUT2D eigenvalue weighted by Crippen LogP contribution is 2.26. The first-order valence-corrected chi connectivity index (χ1v) is 7.44. The number of hydrogen-bond donors (Lipinski definition) is 0. The highest BCUT2D eigenvalue weighted by molar-refractivity contribution is 5.77. The maximum atomic E-state index is 12.1. The van der Waals surface area contributed by atoms with Crippen molar-refractivity contribution in [2.45, 2.75) is 60.8 Å². The average Bonchev–Trinajstić information content (AvgIpc) is 2.46. The van der Waals surface area contributed by atoms with E-state index in [-0.39, 0.29) is 10.8 Å². The van der Waals surface area contributed by atoms with E-state index in [0.717, 1.165) is 5.76 Å². The van der Waals surface area contributed by atoms with Gasteiger partial charge in [-0.15, -0.1) is 0 Å². The lowest BCUT2D eigenvalue weighted by Crippen LogP contribution is -2.19. The van der Waals surface area contributed by atoms with E-state index in [1.54, 1.807) is 6.07 Å². The number of fused-ring (bicyclic) bond motifs is 1. The molecule has 2 nitrogen and oxygen atoms in total. The van der Waals surface area contributed by atoms with E-state index in [1.165, 1.54) is 0 Å². The molecule has 0 atom stereocenters. The monoisotopic (exact) mass is 276 g/mol. The van der Waals surface area contributed by atoms with Crippen LogP contribution in [0.5, 0.6) is 0 Å². The Hall–Kier alpha value is -1.57. The molecule has 2 rings (SSSR count). The van der Waals surface area contributed by atoms with Crippen LogP contribution in [0.2, 0.25) is 0 Å². The quantitative estimate of drug-likeness (QED) is 0.640. The molecule has 0 unspecified atom stereocenters. The fourth-order valence-corrected chi connectivity index (χ4v) is 1.95. The van der Waals surface area contributed by atoms with Crippen LogP contribution in [0.1, 0.15) is 59.8 Å². The molecule has 0 N–H and O–H groups in total. The predicted molar refractivity (Wildman–Crippen MR) is 88.6 cm³/mol. The van der Waals surface area contributed by atoms with Crippen LogP contribution in [0.3, 0.4) is 0 Å². The Morgan fingerprint density at radius 1 is 0.950 bits per heavy atom. The molecule has 0 amide bonds. The fraction of sp³-hybridized carbons (Fsp3) is 0.500. The summed E-state index contributed by atoms with van der Waals surface area (Å²) in [5, 5.41) is 0.660. The summed E-state index contributed by atoms with van der Waals surface area (Å²) in [7, 11) is 0. The Labute approximate surface area is 122 Å². The minimum Gasteiger partial charge on any atom is -0.460 e. The molecule has 20 heavy (non-hydrogen) atoms. The fourth-order valence-electron chi connectivity index (χ4n) is 1.95. The average molecular weight is 276 g/mol. The summed E-state index contributed by atoms with van der Waals surface area (Å²) >= 11 is 0. The molecule has 0 radical (unpaired) electrons. The van der Waals surface area contributed by atoms with Gasteiger partial charge >= 0.3 is 0 Å². The second-order valence-electron chi connectivity index (χ2n) is 5.13. The van der Waals surface area contributed by atoms with Crippen LogP contribution in [0.25, 0.3) is 11.0 Å². The van der Waals surface area contributed by atoms with Gasteiger partial charge in [0.05, 0.1) is 5.39 Å². The first-order valence-electron chi connectivity index (χ1n) is 7.44. The Morgan fingerprint density at radius 2 is 1.45 bits per heavy atom. The maximum absolute atomic E-state index is 12.1. The van der Waals surface area contributed by atoms with Crippen molar-refractivity contribution in [3.05, 3.63) is 45.8 Å². The molecule has 0 saturated heterocycles. The Bertz CT molecular complexity index is 586. The van der Waals surface area contributed by atoms with E-state index in [9.17, 15) is 4.79 Å². The van der Waals surface area contributed by atoms with Gasteiger partial charge < -0.3 is 4.42 Å². The minimum atomic E-state index is -0.146. The van der Waals surface area contributed by atoms with Gasteiger partial charge in [0.2, 0.25) is 0 Å². The molecule has 0 aliphatic carbocycles. The van der Waals surface area contributed by atoms with Gasteiger partial charge in [0.15, 0.2) is 5.43 Å². The predicted octanol–water partition coefficient (Wildman–Crippen LogP) is 5.45. The van der Waals surface area contributed by atoms with Crippen LogP contribution in [0.4, 0.5) is 0 Å². The number of rotatable bonds is 0. The molecule has 112 valence electrons. The normalized spacial score (nSPS) is 10.2.